The summed E-state index contributed by atoms with van der Waals surface area (Å²) in [7, 11) is 3.72. The number of ether oxygens (including phenoxy) is 1. The maximum Gasteiger partial charge on any atom is 0.332 e. The largest absolute Gasteiger partial charge is 0.480 e. The number of carboxylic acids is 1. The van der Waals surface area contributed by atoms with E-state index in [9.17, 15) is 14.4 Å². The van der Waals surface area contributed by atoms with Gasteiger partial charge < -0.3 is 14.7 Å². The van der Waals surface area contributed by atoms with E-state index in [2.05, 4.69) is 4.98 Å². The quantitative estimate of drug-likeness (QED) is 0.433. The first-order valence-corrected chi connectivity index (χ1v) is 9.10. The smallest absolute Gasteiger partial charge is 0.332 e. The summed E-state index contributed by atoms with van der Waals surface area (Å²) < 4.78 is 5.35. The molecule has 0 spiro atoms. The number of carbonyl (C=O) groups is 3. The first-order chi connectivity index (χ1) is 11.7. The molecule has 1 aromatic rings. The van der Waals surface area contributed by atoms with E-state index in [1.165, 1.54) is 11.3 Å². The summed E-state index contributed by atoms with van der Waals surface area (Å²) in [5.74, 6) is -2.53. The van der Waals surface area contributed by atoms with E-state index in [1.807, 2.05) is 19.0 Å². The predicted octanol–water partition coefficient (Wildman–Crippen LogP) is 1.64. The normalized spacial score (nSPS) is 17.1. The second-order valence-electron chi connectivity index (χ2n) is 5.19. The zero-order valence-electron chi connectivity index (χ0n) is 13.6. The van der Waals surface area contributed by atoms with Crippen molar-refractivity contribution in [2.24, 2.45) is 0 Å². The first kappa shape index (κ1) is 19.3. The van der Waals surface area contributed by atoms with Gasteiger partial charge in [-0.1, -0.05) is 24.0 Å². The number of rotatable bonds is 6. The number of thioether (sulfide) groups is 1. The van der Waals surface area contributed by atoms with E-state index in [0.29, 0.717) is 5.69 Å². The highest BCUT2D eigenvalue weighted by Crippen LogP contribution is 2.31. The Morgan fingerprint density at radius 3 is 2.76 bits per heavy atom. The van der Waals surface area contributed by atoms with Gasteiger partial charge in [-0.05, 0) is 6.92 Å². The van der Waals surface area contributed by atoms with Crippen molar-refractivity contribution in [3.8, 4) is 0 Å². The molecule has 1 aromatic heterocycles. The fraction of sp³-hybridized carbons (Fsp3) is 0.357. The Bertz CT molecular complexity index is 759. The fourth-order valence-electron chi connectivity index (χ4n) is 1.82. The number of carbonyl (C=O) groups excluding carboxylic acids is 2. The Labute approximate surface area is 157 Å². The van der Waals surface area contributed by atoms with Crippen LogP contribution in [0.15, 0.2) is 16.4 Å². The Morgan fingerprint density at radius 1 is 1.52 bits per heavy atom. The SMILES string of the molecule is CC(OC(=O)C=C1SC(=S)N(CC(=O)O)C1=O)c1csc(N(C)C)n1. The average Bonchev–Trinajstić information content (AvgIpc) is 3.09. The summed E-state index contributed by atoms with van der Waals surface area (Å²) in [6, 6.07) is 0. The summed E-state index contributed by atoms with van der Waals surface area (Å²) in [6.45, 7) is 1.13. The Morgan fingerprint density at radius 2 is 2.20 bits per heavy atom. The number of hydrogen-bond donors (Lipinski definition) is 1. The van der Waals surface area contributed by atoms with E-state index in [-0.39, 0.29) is 9.23 Å². The molecule has 2 rings (SSSR count). The van der Waals surface area contributed by atoms with Gasteiger partial charge in [-0.15, -0.1) is 11.3 Å². The second-order valence-corrected chi connectivity index (χ2v) is 7.70. The molecule has 1 aliphatic heterocycles. The molecule has 1 N–H and O–H groups in total. The van der Waals surface area contributed by atoms with Crippen LogP contribution >= 0.6 is 35.3 Å². The van der Waals surface area contributed by atoms with Crippen molar-refractivity contribution in [1.82, 2.24) is 9.88 Å². The monoisotopic (exact) mass is 401 g/mol. The molecular weight excluding hydrogens is 386 g/mol. The molecule has 1 saturated heterocycles. The summed E-state index contributed by atoms with van der Waals surface area (Å²) in [5.41, 5.74) is 0.605. The van der Waals surface area contributed by atoms with Crippen LogP contribution in [0.5, 0.6) is 0 Å². The van der Waals surface area contributed by atoms with Gasteiger partial charge in [0, 0.05) is 25.6 Å². The third-order valence-electron chi connectivity index (χ3n) is 3.02. The number of aromatic nitrogens is 1. The Hall–Kier alpha value is -1.98. The molecule has 0 saturated carbocycles. The highest BCUT2D eigenvalue weighted by molar-refractivity contribution is 8.26. The van der Waals surface area contributed by atoms with Crippen molar-refractivity contribution in [2.75, 3.05) is 25.5 Å². The van der Waals surface area contributed by atoms with Gasteiger partial charge in [0.1, 0.15) is 17.0 Å². The van der Waals surface area contributed by atoms with Crippen molar-refractivity contribution in [3.63, 3.8) is 0 Å². The molecule has 1 fully saturated rings. The number of anilines is 1. The number of esters is 1. The third-order valence-corrected chi connectivity index (χ3v) is 5.42. The van der Waals surface area contributed by atoms with Gasteiger partial charge in [0.25, 0.3) is 5.91 Å². The Kier molecular flexibility index (Phi) is 6.14. The molecule has 0 radical (unpaired) electrons. The number of nitrogens with zero attached hydrogens (tertiary/aromatic N) is 3. The third kappa shape index (κ3) is 4.77. The van der Waals surface area contributed by atoms with Crippen LogP contribution in [0.4, 0.5) is 5.13 Å². The van der Waals surface area contributed by atoms with Gasteiger partial charge in [-0.2, -0.15) is 0 Å². The summed E-state index contributed by atoms with van der Waals surface area (Å²) in [5, 5.41) is 11.4. The summed E-state index contributed by atoms with van der Waals surface area (Å²) in [4.78, 5) is 42.0. The van der Waals surface area contributed by atoms with Gasteiger partial charge in [0.05, 0.1) is 10.6 Å². The van der Waals surface area contributed by atoms with E-state index >= 15 is 0 Å². The fourth-order valence-corrected chi connectivity index (χ4v) is 3.87. The van der Waals surface area contributed by atoms with Crippen molar-refractivity contribution in [1.29, 1.82) is 0 Å². The summed E-state index contributed by atoms with van der Waals surface area (Å²) >= 11 is 7.25. The lowest BCUT2D eigenvalue weighted by atomic mass is 10.3. The van der Waals surface area contributed by atoms with Crippen LogP contribution in [0.3, 0.4) is 0 Å². The van der Waals surface area contributed by atoms with E-state index in [1.54, 1.807) is 12.3 Å². The maximum atomic E-state index is 12.1. The summed E-state index contributed by atoms with van der Waals surface area (Å²) in [6.07, 6.45) is 0.439. The van der Waals surface area contributed by atoms with Crippen LogP contribution in [0, 0.1) is 0 Å². The van der Waals surface area contributed by atoms with Crippen LogP contribution in [0.2, 0.25) is 0 Å². The van der Waals surface area contributed by atoms with Crippen molar-refractivity contribution in [2.45, 2.75) is 13.0 Å². The van der Waals surface area contributed by atoms with Gasteiger partial charge in [-0.3, -0.25) is 14.5 Å². The lowest BCUT2D eigenvalue weighted by molar-refractivity contribution is -0.143. The maximum absolute atomic E-state index is 12.1. The van der Waals surface area contributed by atoms with Crippen molar-refractivity contribution in [3.05, 3.63) is 22.1 Å². The molecule has 134 valence electrons. The first-order valence-electron chi connectivity index (χ1n) is 6.99. The zero-order valence-corrected chi connectivity index (χ0v) is 16.0. The van der Waals surface area contributed by atoms with Crippen LogP contribution in [0.25, 0.3) is 0 Å². The minimum Gasteiger partial charge on any atom is -0.480 e. The van der Waals surface area contributed by atoms with Crippen LogP contribution < -0.4 is 4.90 Å². The average molecular weight is 401 g/mol. The van der Waals surface area contributed by atoms with Crippen molar-refractivity contribution < 1.29 is 24.2 Å². The number of aliphatic carboxylic acids is 1. The lowest BCUT2D eigenvalue weighted by Crippen LogP contribution is -2.33. The van der Waals surface area contributed by atoms with Gasteiger partial charge in [0.2, 0.25) is 0 Å². The van der Waals surface area contributed by atoms with Gasteiger partial charge in [0.15, 0.2) is 5.13 Å². The molecule has 8 nitrogen and oxygen atoms in total. The molecule has 0 aromatic carbocycles. The molecular formula is C14H15N3O5S3. The number of thiocarbonyl (C=S) groups is 1. The van der Waals surface area contributed by atoms with Crippen LogP contribution in [0.1, 0.15) is 18.7 Å². The molecule has 0 bridgehead atoms. The Balaban J connectivity index is 2.03. The van der Waals surface area contributed by atoms with E-state index in [0.717, 1.165) is 27.9 Å². The number of thiazole rings is 1. The molecule has 0 aliphatic carbocycles. The highest BCUT2D eigenvalue weighted by atomic mass is 32.2. The minimum atomic E-state index is -1.19. The molecule has 1 unspecified atom stereocenters. The number of amides is 1. The number of hydrogen-bond acceptors (Lipinski definition) is 9. The highest BCUT2D eigenvalue weighted by Gasteiger charge is 2.34. The molecule has 25 heavy (non-hydrogen) atoms. The van der Waals surface area contributed by atoms with Crippen molar-refractivity contribution >= 4 is 62.6 Å². The molecule has 1 atom stereocenters. The molecule has 1 aliphatic rings. The second kappa shape index (κ2) is 7.93. The van der Waals surface area contributed by atoms with E-state index in [4.69, 9.17) is 22.1 Å². The number of carboxylic acid groups (broad SMARTS) is 1. The lowest BCUT2D eigenvalue weighted by Gasteiger charge is -2.11. The predicted molar refractivity (Wildman–Crippen MR) is 98.6 cm³/mol. The molecule has 2 heterocycles. The van der Waals surface area contributed by atoms with Crippen LogP contribution in [-0.2, 0) is 19.1 Å². The zero-order chi connectivity index (χ0) is 18.7. The van der Waals surface area contributed by atoms with Gasteiger partial charge >= 0.3 is 11.9 Å². The molecule has 11 heteroatoms. The van der Waals surface area contributed by atoms with Crippen LogP contribution in [-0.4, -0.2) is 57.8 Å². The topological polar surface area (TPSA) is 100 Å². The van der Waals surface area contributed by atoms with Gasteiger partial charge in [-0.25, -0.2) is 9.78 Å². The molecule has 1 amide bonds. The standard InChI is InChI=1S/C14H15N3O5S3/c1-7(8-6-24-13(15-8)16(2)3)22-11(20)4-9-12(21)17(5-10(18)19)14(23)25-9/h4,6-7H,5H2,1-3H3,(H,18,19). The minimum absolute atomic E-state index is 0.0377. The van der Waals surface area contributed by atoms with E-state index < -0.39 is 30.5 Å².